The first-order valence-corrected chi connectivity index (χ1v) is 0.383. The van der Waals surface area contributed by atoms with Gasteiger partial charge in [0.25, 0.3) is 0 Å². The van der Waals surface area contributed by atoms with E-state index in [-0.39, 0.29) is 23.9 Å². The molecule has 0 aliphatic carbocycles. The van der Waals surface area contributed by atoms with Crippen molar-refractivity contribution in [3.63, 3.8) is 0 Å². The molecule has 0 aromatic heterocycles. The molecule has 4 heteroatoms. The van der Waals surface area contributed by atoms with E-state index in [4.69, 9.17) is 10.4 Å². The SMILES string of the molecule is [N-]=[N+]=O.[Sn]. The maximum absolute atomic E-state index is 8.11. The molecule has 0 aliphatic rings. The van der Waals surface area contributed by atoms with Crippen molar-refractivity contribution in [1.82, 2.24) is 4.97 Å². The fraction of sp³-hybridized carbons (Fsp3) is 0. The zero-order valence-corrected chi connectivity index (χ0v) is 4.66. The molecule has 20 valence electrons. The summed E-state index contributed by atoms with van der Waals surface area (Å²) in [5.74, 6) is 0. The van der Waals surface area contributed by atoms with E-state index in [1.807, 2.05) is 0 Å². The molecule has 0 N–H and O–H groups in total. The summed E-state index contributed by atoms with van der Waals surface area (Å²) in [6, 6.07) is 0. The van der Waals surface area contributed by atoms with Crippen LogP contribution in [0.5, 0.6) is 0 Å². The van der Waals surface area contributed by atoms with Crippen molar-refractivity contribution in [2.75, 3.05) is 0 Å². The Labute approximate surface area is 39.8 Å². The minimum atomic E-state index is 0. The predicted octanol–water partition coefficient (Wildman–Crippen LogP) is -0.539. The first-order chi connectivity index (χ1) is 1.41. The van der Waals surface area contributed by atoms with Gasteiger partial charge in [-0.25, -0.2) is 0 Å². The van der Waals surface area contributed by atoms with Crippen LogP contribution in [0.1, 0.15) is 0 Å². The van der Waals surface area contributed by atoms with Crippen molar-refractivity contribution < 1.29 is 0 Å². The van der Waals surface area contributed by atoms with Gasteiger partial charge in [0.2, 0.25) is 0 Å². The normalized spacial score (nSPS) is 2.00. The predicted molar refractivity (Wildman–Crippen MR) is 14.6 cm³/mol. The van der Waals surface area contributed by atoms with E-state index in [0.29, 0.717) is 0 Å². The molecule has 0 aromatic carbocycles. The molecule has 0 amide bonds. The Kier molecular flexibility index (Phi) is 25.1. The number of nitrogens with zero attached hydrogens (tertiary/aromatic N) is 2. The Hall–Kier alpha value is 0.109. The molecule has 0 bridgehead atoms. The first kappa shape index (κ1) is 8.93. The maximum Gasteiger partial charge on any atom is 0.151 e. The standard InChI is InChI=1S/N2O.Sn/c1-2-3;. The molecular formula is N2OSn. The molecule has 0 heterocycles. The molecule has 0 atom stereocenters. The van der Waals surface area contributed by atoms with Crippen molar-refractivity contribution in [3.8, 4) is 0 Å². The van der Waals surface area contributed by atoms with Gasteiger partial charge in [0, 0.05) is 23.9 Å². The quantitative estimate of drug-likeness (QED) is 0.268. The molecule has 0 rings (SSSR count). The van der Waals surface area contributed by atoms with Crippen LogP contribution in [0.2, 0.25) is 0 Å². The van der Waals surface area contributed by atoms with E-state index in [0.717, 1.165) is 0 Å². The van der Waals surface area contributed by atoms with E-state index in [2.05, 4.69) is 0 Å². The minimum Gasteiger partial charge on any atom is -0.294 e. The van der Waals surface area contributed by atoms with E-state index >= 15 is 0 Å². The van der Waals surface area contributed by atoms with E-state index in [1.54, 1.807) is 0 Å². The van der Waals surface area contributed by atoms with Crippen LogP contribution in [0.3, 0.4) is 0 Å². The fourth-order valence-corrected chi connectivity index (χ4v) is 0. The second kappa shape index (κ2) is 11.2. The third kappa shape index (κ3) is 219. The topological polar surface area (TPSA) is 53.5 Å². The zero-order valence-electron chi connectivity index (χ0n) is 1.80. The summed E-state index contributed by atoms with van der Waals surface area (Å²) in [7, 11) is 0. The average molecular weight is 163 g/mol. The van der Waals surface area contributed by atoms with Crippen molar-refractivity contribution in [3.05, 3.63) is 10.4 Å². The van der Waals surface area contributed by atoms with E-state index in [1.165, 1.54) is 4.97 Å². The van der Waals surface area contributed by atoms with Crippen molar-refractivity contribution >= 4 is 23.9 Å². The molecule has 4 heavy (non-hydrogen) atoms. The second-order valence-electron chi connectivity index (χ2n) is 0.0816. The van der Waals surface area contributed by atoms with Gasteiger partial charge in [-0.3, -0.25) is 5.53 Å². The zero-order chi connectivity index (χ0) is 2.71. The van der Waals surface area contributed by atoms with Crippen LogP contribution in [0.15, 0.2) is 0 Å². The van der Waals surface area contributed by atoms with Crippen LogP contribution < -0.4 is 4.97 Å². The van der Waals surface area contributed by atoms with Gasteiger partial charge >= 0.3 is 0 Å². The summed E-state index contributed by atoms with van der Waals surface area (Å²) in [6.07, 6.45) is 0. The Morgan fingerprint density at radius 2 is 1.75 bits per heavy atom. The second-order valence-corrected chi connectivity index (χ2v) is 0.0816. The largest absolute Gasteiger partial charge is 0.294 e. The smallest absolute Gasteiger partial charge is 0.151 e. The Bertz CT molecular complexity index is 27.0. The van der Waals surface area contributed by atoms with Gasteiger partial charge in [0.05, 0.1) is 0 Å². The number of hydrogen-bond donors (Lipinski definition) is 0. The summed E-state index contributed by atoms with van der Waals surface area (Å²) in [5.41, 5.74) is 6.64. The van der Waals surface area contributed by atoms with Gasteiger partial charge in [-0.2, -0.15) is 0 Å². The monoisotopic (exact) mass is 164 g/mol. The average Bonchev–Trinajstić information content (AvgIpc) is 0.918. The van der Waals surface area contributed by atoms with Gasteiger partial charge in [-0.15, -0.1) is 0 Å². The molecule has 0 saturated heterocycles. The molecule has 0 spiro atoms. The summed E-state index contributed by atoms with van der Waals surface area (Å²) in [4.78, 5) is 9.36. The summed E-state index contributed by atoms with van der Waals surface area (Å²) >= 11 is 0. The minimum absolute atomic E-state index is 0. The van der Waals surface area contributed by atoms with Crippen LogP contribution in [0, 0.1) is 4.91 Å². The van der Waals surface area contributed by atoms with E-state index < -0.39 is 0 Å². The molecular weight excluding hydrogens is 163 g/mol. The van der Waals surface area contributed by atoms with Crippen LogP contribution in [-0.2, 0) is 0 Å². The van der Waals surface area contributed by atoms with Crippen LogP contribution in [0.4, 0.5) is 0 Å². The third-order valence-electron chi connectivity index (χ3n) is 0. The Morgan fingerprint density at radius 3 is 1.75 bits per heavy atom. The summed E-state index contributed by atoms with van der Waals surface area (Å²) in [6.45, 7) is 0. The van der Waals surface area contributed by atoms with Gasteiger partial charge < -0.3 is 0 Å². The molecule has 0 aliphatic heterocycles. The van der Waals surface area contributed by atoms with Crippen molar-refractivity contribution in [2.24, 2.45) is 0 Å². The van der Waals surface area contributed by atoms with Crippen LogP contribution in [0.25, 0.3) is 5.53 Å². The van der Waals surface area contributed by atoms with Crippen LogP contribution in [-0.4, -0.2) is 23.9 Å². The first-order valence-electron chi connectivity index (χ1n) is 0.383. The summed E-state index contributed by atoms with van der Waals surface area (Å²) < 4.78 is 0. The molecule has 4 radical (unpaired) electrons. The van der Waals surface area contributed by atoms with Crippen molar-refractivity contribution in [1.29, 1.82) is 0 Å². The summed E-state index contributed by atoms with van der Waals surface area (Å²) in [5, 5.41) is 0. The Balaban J connectivity index is 0. The van der Waals surface area contributed by atoms with Crippen molar-refractivity contribution in [2.45, 2.75) is 0 Å². The molecule has 0 saturated carbocycles. The molecule has 0 unspecified atom stereocenters. The fourth-order valence-electron chi connectivity index (χ4n) is 0. The molecule has 3 nitrogen and oxygen atoms in total. The Morgan fingerprint density at radius 1 is 1.75 bits per heavy atom. The molecule has 0 fully saturated rings. The van der Waals surface area contributed by atoms with Gasteiger partial charge in [-0.1, -0.05) is 0 Å². The van der Waals surface area contributed by atoms with Gasteiger partial charge in [0.15, 0.2) is 4.91 Å². The number of hydrogen-bond acceptors (Lipinski definition) is 1. The van der Waals surface area contributed by atoms with E-state index in [9.17, 15) is 0 Å². The third-order valence-corrected chi connectivity index (χ3v) is 0. The number of rotatable bonds is 0. The maximum atomic E-state index is 8.11. The van der Waals surface area contributed by atoms with Crippen LogP contribution >= 0.6 is 0 Å². The van der Waals surface area contributed by atoms with Gasteiger partial charge in [-0.05, 0) is 0 Å². The van der Waals surface area contributed by atoms with Gasteiger partial charge in [0.1, 0.15) is 4.97 Å². The number of nitroso groups, excluding NO2 is 1. The molecule has 0 aromatic rings.